The number of amides is 2. The standard InChI is InChI=1S/C23H21Cl2N3O3/c1-15-5-3-4-6-20(15)27-23(29)28-26-13-17-11-19(25)22(21(12-17)30-2)31-14-16-7-9-18(24)10-8-16/h3-13H,14H2,1-2H3,(H2,27,28,29). The molecule has 0 atom stereocenters. The Bertz CT molecular complexity index is 1090. The minimum atomic E-state index is -0.452. The molecular weight excluding hydrogens is 437 g/mol. The van der Waals surface area contributed by atoms with Gasteiger partial charge in [0.25, 0.3) is 0 Å². The molecule has 3 aromatic rings. The Morgan fingerprint density at radius 2 is 1.84 bits per heavy atom. The third-order valence-corrected chi connectivity index (χ3v) is 4.85. The number of nitrogens with one attached hydrogen (secondary N) is 2. The lowest BCUT2D eigenvalue weighted by molar-refractivity contribution is 0.252. The van der Waals surface area contributed by atoms with Crippen LogP contribution in [0.1, 0.15) is 16.7 Å². The van der Waals surface area contributed by atoms with Crippen molar-refractivity contribution in [1.29, 1.82) is 0 Å². The summed E-state index contributed by atoms with van der Waals surface area (Å²) in [5, 5.41) is 7.71. The fraction of sp³-hybridized carbons (Fsp3) is 0.130. The maximum absolute atomic E-state index is 12.0. The van der Waals surface area contributed by atoms with Gasteiger partial charge in [-0.15, -0.1) is 0 Å². The van der Waals surface area contributed by atoms with E-state index in [1.165, 1.54) is 13.3 Å². The lowest BCUT2D eigenvalue weighted by atomic mass is 10.2. The molecule has 2 amide bonds. The van der Waals surface area contributed by atoms with Gasteiger partial charge < -0.3 is 14.8 Å². The van der Waals surface area contributed by atoms with Crippen molar-refractivity contribution in [3.05, 3.63) is 87.4 Å². The van der Waals surface area contributed by atoms with Crippen LogP contribution in [0.5, 0.6) is 11.5 Å². The molecule has 2 N–H and O–H groups in total. The Balaban J connectivity index is 1.64. The zero-order valence-corrected chi connectivity index (χ0v) is 18.5. The van der Waals surface area contributed by atoms with Crippen LogP contribution in [0.3, 0.4) is 0 Å². The first-order valence-corrected chi connectivity index (χ1v) is 10.1. The van der Waals surface area contributed by atoms with Crippen LogP contribution in [0, 0.1) is 6.92 Å². The van der Waals surface area contributed by atoms with Crippen molar-refractivity contribution in [2.45, 2.75) is 13.5 Å². The molecule has 0 aliphatic heterocycles. The van der Waals surface area contributed by atoms with Gasteiger partial charge >= 0.3 is 6.03 Å². The van der Waals surface area contributed by atoms with Gasteiger partial charge in [0.15, 0.2) is 11.5 Å². The molecule has 31 heavy (non-hydrogen) atoms. The first-order chi connectivity index (χ1) is 15.0. The topological polar surface area (TPSA) is 72.0 Å². The fourth-order valence-corrected chi connectivity index (χ4v) is 3.12. The summed E-state index contributed by atoms with van der Waals surface area (Å²) >= 11 is 12.3. The van der Waals surface area contributed by atoms with Crippen LogP contribution in [0.2, 0.25) is 10.0 Å². The molecule has 3 aromatic carbocycles. The number of ether oxygens (including phenoxy) is 2. The summed E-state index contributed by atoms with van der Waals surface area (Å²) in [6, 6.07) is 17.7. The van der Waals surface area contributed by atoms with Gasteiger partial charge in [-0.3, -0.25) is 0 Å². The van der Waals surface area contributed by atoms with Gasteiger partial charge in [0.2, 0.25) is 0 Å². The third kappa shape index (κ3) is 6.38. The van der Waals surface area contributed by atoms with Crippen LogP contribution < -0.4 is 20.2 Å². The van der Waals surface area contributed by atoms with Crippen LogP contribution >= 0.6 is 23.2 Å². The number of benzene rings is 3. The van der Waals surface area contributed by atoms with Crippen LogP contribution in [0.4, 0.5) is 10.5 Å². The highest BCUT2D eigenvalue weighted by atomic mass is 35.5. The van der Waals surface area contributed by atoms with Crippen LogP contribution in [0.25, 0.3) is 0 Å². The predicted molar refractivity (Wildman–Crippen MR) is 125 cm³/mol. The van der Waals surface area contributed by atoms with E-state index < -0.39 is 6.03 Å². The van der Waals surface area contributed by atoms with E-state index in [-0.39, 0.29) is 0 Å². The van der Waals surface area contributed by atoms with Gasteiger partial charge in [-0.1, -0.05) is 53.5 Å². The highest BCUT2D eigenvalue weighted by molar-refractivity contribution is 6.32. The smallest absolute Gasteiger partial charge is 0.339 e. The molecule has 3 rings (SSSR count). The van der Waals surface area contributed by atoms with E-state index in [1.807, 2.05) is 43.3 Å². The van der Waals surface area contributed by atoms with Crippen LogP contribution in [-0.2, 0) is 6.61 Å². The Labute approximate surface area is 190 Å². The summed E-state index contributed by atoms with van der Waals surface area (Å²) in [7, 11) is 1.52. The molecule has 8 heteroatoms. The zero-order chi connectivity index (χ0) is 22.2. The maximum Gasteiger partial charge on any atom is 0.339 e. The van der Waals surface area contributed by atoms with Crippen molar-refractivity contribution >= 4 is 41.1 Å². The average Bonchev–Trinajstić information content (AvgIpc) is 2.75. The van der Waals surface area contributed by atoms with E-state index in [1.54, 1.807) is 24.3 Å². The molecule has 0 spiro atoms. The molecule has 0 heterocycles. The number of hydrogen-bond acceptors (Lipinski definition) is 4. The van der Waals surface area contributed by atoms with Gasteiger partial charge in [-0.25, -0.2) is 10.2 Å². The summed E-state index contributed by atoms with van der Waals surface area (Å²) in [5.41, 5.74) is 5.66. The summed E-state index contributed by atoms with van der Waals surface area (Å²) in [6.07, 6.45) is 1.47. The number of aryl methyl sites for hydroxylation is 1. The molecule has 0 radical (unpaired) electrons. The van der Waals surface area contributed by atoms with Gasteiger partial charge in [-0.05, 0) is 53.9 Å². The third-order valence-electron chi connectivity index (χ3n) is 4.32. The summed E-state index contributed by atoms with van der Waals surface area (Å²) < 4.78 is 11.2. The Morgan fingerprint density at radius 1 is 1.10 bits per heavy atom. The minimum Gasteiger partial charge on any atom is -0.493 e. The molecule has 0 unspecified atom stereocenters. The van der Waals surface area contributed by atoms with E-state index in [2.05, 4.69) is 15.8 Å². The van der Waals surface area contributed by atoms with E-state index >= 15 is 0 Å². The number of carbonyl (C=O) groups excluding carboxylic acids is 1. The van der Waals surface area contributed by atoms with E-state index in [4.69, 9.17) is 32.7 Å². The number of anilines is 1. The number of methoxy groups -OCH3 is 1. The molecule has 0 saturated carbocycles. The van der Waals surface area contributed by atoms with Gasteiger partial charge in [-0.2, -0.15) is 5.10 Å². The highest BCUT2D eigenvalue weighted by Crippen LogP contribution is 2.36. The summed E-state index contributed by atoms with van der Waals surface area (Å²) in [5.74, 6) is 0.869. The normalized spacial score (nSPS) is 10.7. The van der Waals surface area contributed by atoms with Crippen LogP contribution in [0.15, 0.2) is 65.8 Å². The minimum absolute atomic E-state index is 0.307. The Hall–Kier alpha value is -3.22. The Morgan fingerprint density at radius 3 is 2.55 bits per heavy atom. The van der Waals surface area contributed by atoms with Gasteiger partial charge in [0.05, 0.1) is 18.3 Å². The molecule has 6 nitrogen and oxygen atoms in total. The van der Waals surface area contributed by atoms with Crippen molar-refractivity contribution in [1.82, 2.24) is 5.43 Å². The monoisotopic (exact) mass is 457 g/mol. The lowest BCUT2D eigenvalue weighted by Gasteiger charge is -2.13. The highest BCUT2D eigenvalue weighted by Gasteiger charge is 2.12. The number of carbonyl (C=O) groups is 1. The van der Waals surface area contributed by atoms with Crippen molar-refractivity contribution in [3.63, 3.8) is 0 Å². The maximum atomic E-state index is 12.0. The summed E-state index contributed by atoms with van der Waals surface area (Å²) in [6.45, 7) is 2.21. The number of para-hydroxylation sites is 1. The average molecular weight is 458 g/mol. The van der Waals surface area contributed by atoms with Crippen molar-refractivity contribution in [3.8, 4) is 11.5 Å². The lowest BCUT2D eigenvalue weighted by Crippen LogP contribution is -2.24. The molecule has 0 aliphatic rings. The van der Waals surface area contributed by atoms with Gasteiger partial charge in [0.1, 0.15) is 6.61 Å². The fourth-order valence-electron chi connectivity index (χ4n) is 2.72. The SMILES string of the molecule is COc1cc(C=NNC(=O)Nc2ccccc2C)cc(Cl)c1OCc1ccc(Cl)cc1. The first kappa shape index (κ1) is 22.5. The van der Waals surface area contributed by atoms with E-state index in [0.29, 0.717) is 39.4 Å². The molecule has 0 saturated heterocycles. The summed E-state index contributed by atoms with van der Waals surface area (Å²) in [4.78, 5) is 12.0. The van der Waals surface area contributed by atoms with Crippen LogP contribution in [-0.4, -0.2) is 19.4 Å². The second-order valence-corrected chi connectivity index (χ2v) is 7.43. The number of halogens is 2. The van der Waals surface area contributed by atoms with E-state index in [9.17, 15) is 4.79 Å². The second-order valence-electron chi connectivity index (χ2n) is 6.59. The number of hydrazone groups is 1. The molecule has 0 aromatic heterocycles. The molecule has 0 aliphatic carbocycles. The number of urea groups is 1. The Kier molecular flexibility index (Phi) is 7.76. The quantitative estimate of drug-likeness (QED) is 0.335. The molecule has 160 valence electrons. The van der Waals surface area contributed by atoms with E-state index in [0.717, 1.165) is 11.1 Å². The van der Waals surface area contributed by atoms with Crippen molar-refractivity contribution in [2.75, 3.05) is 12.4 Å². The predicted octanol–water partition coefficient (Wildman–Crippen LogP) is 6.05. The van der Waals surface area contributed by atoms with Crippen molar-refractivity contribution in [2.24, 2.45) is 5.10 Å². The molecular formula is C23H21Cl2N3O3. The molecule has 0 fully saturated rings. The number of nitrogens with zero attached hydrogens (tertiary/aromatic N) is 1. The zero-order valence-electron chi connectivity index (χ0n) is 17.0. The largest absolute Gasteiger partial charge is 0.493 e. The van der Waals surface area contributed by atoms with Gasteiger partial charge in [0, 0.05) is 10.7 Å². The number of rotatable bonds is 7. The second kappa shape index (κ2) is 10.7. The molecule has 0 bridgehead atoms. The van der Waals surface area contributed by atoms with Crippen molar-refractivity contribution < 1.29 is 14.3 Å². The number of hydrogen-bond donors (Lipinski definition) is 2. The first-order valence-electron chi connectivity index (χ1n) is 9.36.